The second-order valence-corrected chi connectivity index (χ2v) is 6.97. The highest BCUT2D eigenvalue weighted by Crippen LogP contribution is 2.24. The van der Waals surface area contributed by atoms with Gasteiger partial charge in [0.1, 0.15) is 5.60 Å². The van der Waals surface area contributed by atoms with Crippen molar-refractivity contribution in [3.05, 3.63) is 0 Å². The van der Waals surface area contributed by atoms with Gasteiger partial charge in [0.05, 0.1) is 13.2 Å². The Kier molecular flexibility index (Phi) is 5.63. The summed E-state index contributed by atoms with van der Waals surface area (Å²) in [5.74, 6) is 0.345. The highest BCUT2D eigenvalue weighted by Gasteiger charge is 2.39. The van der Waals surface area contributed by atoms with Crippen molar-refractivity contribution in [3.8, 4) is 0 Å². The van der Waals surface area contributed by atoms with Crippen molar-refractivity contribution in [2.45, 2.75) is 39.2 Å². The number of rotatable bonds is 4. The summed E-state index contributed by atoms with van der Waals surface area (Å²) in [7, 11) is 0. The zero-order chi connectivity index (χ0) is 15.5. The van der Waals surface area contributed by atoms with E-state index in [2.05, 4.69) is 4.90 Å². The Hall–Kier alpha value is -0.650. The Bertz CT molecular complexity index is 351. The quantitative estimate of drug-likeness (QED) is 0.840. The maximum absolute atomic E-state index is 12.5. The van der Waals surface area contributed by atoms with E-state index in [-0.39, 0.29) is 11.8 Å². The molecular weight excluding hydrogens is 268 g/mol. The third kappa shape index (κ3) is 4.18. The molecule has 2 aliphatic rings. The summed E-state index contributed by atoms with van der Waals surface area (Å²) < 4.78 is 5.38. The smallest absolute Gasteiger partial charge is 0.254 e. The number of hydrogen-bond acceptors (Lipinski definition) is 4. The molecular formula is C16H30N2O3. The van der Waals surface area contributed by atoms with E-state index in [1.54, 1.807) is 6.92 Å². The van der Waals surface area contributed by atoms with E-state index < -0.39 is 5.60 Å². The maximum Gasteiger partial charge on any atom is 0.254 e. The van der Waals surface area contributed by atoms with Gasteiger partial charge in [-0.05, 0) is 31.6 Å². The number of carbonyl (C=O) groups is 1. The average molecular weight is 298 g/mol. The van der Waals surface area contributed by atoms with Crippen LogP contribution < -0.4 is 0 Å². The van der Waals surface area contributed by atoms with Crippen LogP contribution >= 0.6 is 0 Å². The first kappa shape index (κ1) is 16.7. The van der Waals surface area contributed by atoms with Crippen molar-refractivity contribution in [1.82, 2.24) is 9.80 Å². The first-order valence-electron chi connectivity index (χ1n) is 8.23. The Balaban J connectivity index is 1.89. The topological polar surface area (TPSA) is 53.0 Å². The van der Waals surface area contributed by atoms with Crippen LogP contribution in [0.5, 0.6) is 0 Å². The molecule has 0 radical (unpaired) electrons. The molecule has 0 saturated carbocycles. The lowest BCUT2D eigenvalue weighted by Gasteiger charge is -2.40. The minimum atomic E-state index is -1.25. The summed E-state index contributed by atoms with van der Waals surface area (Å²) in [5, 5.41) is 10.4. The SMILES string of the molecule is CC(C)C(C)(O)C(=O)N1CCCC(CN2CCOCC2)C1. The predicted octanol–water partition coefficient (Wildman–Crippen LogP) is 0.964. The molecule has 0 aromatic rings. The number of carbonyl (C=O) groups excluding carboxylic acids is 1. The molecule has 5 nitrogen and oxygen atoms in total. The fourth-order valence-electron chi connectivity index (χ4n) is 3.11. The molecule has 1 amide bonds. The summed E-state index contributed by atoms with van der Waals surface area (Å²) in [4.78, 5) is 16.8. The van der Waals surface area contributed by atoms with Gasteiger partial charge in [0.2, 0.25) is 0 Å². The fourth-order valence-corrected chi connectivity index (χ4v) is 3.11. The van der Waals surface area contributed by atoms with E-state index in [1.165, 1.54) is 6.42 Å². The van der Waals surface area contributed by atoms with Crippen LogP contribution in [-0.4, -0.2) is 72.4 Å². The van der Waals surface area contributed by atoms with Gasteiger partial charge in [-0.15, -0.1) is 0 Å². The van der Waals surface area contributed by atoms with Crippen molar-refractivity contribution in [3.63, 3.8) is 0 Å². The van der Waals surface area contributed by atoms with E-state index >= 15 is 0 Å². The van der Waals surface area contributed by atoms with Gasteiger partial charge < -0.3 is 14.7 Å². The lowest BCUT2D eigenvalue weighted by atomic mass is 9.89. The van der Waals surface area contributed by atoms with Crippen molar-refractivity contribution < 1.29 is 14.6 Å². The van der Waals surface area contributed by atoms with Gasteiger partial charge in [0, 0.05) is 32.7 Å². The number of nitrogens with zero attached hydrogens (tertiary/aromatic N) is 2. The van der Waals surface area contributed by atoms with Crippen LogP contribution in [0.4, 0.5) is 0 Å². The molecule has 2 saturated heterocycles. The fraction of sp³-hybridized carbons (Fsp3) is 0.938. The minimum absolute atomic E-state index is 0.0652. The van der Waals surface area contributed by atoms with Gasteiger partial charge in [-0.3, -0.25) is 9.69 Å². The van der Waals surface area contributed by atoms with Crippen molar-refractivity contribution in [2.24, 2.45) is 11.8 Å². The van der Waals surface area contributed by atoms with E-state index in [4.69, 9.17) is 4.74 Å². The van der Waals surface area contributed by atoms with Gasteiger partial charge >= 0.3 is 0 Å². The van der Waals surface area contributed by atoms with Gasteiger partial charge in [-0.2, -0.15) is 0 Å². The predicted molar refractivity (Wildman–Crippen MR) is 82.0 cm³/mol. The van der Waals surface area contributed by atoms with E-state index in [9.17, 15) is 9.90 Å². The third-order valence-corrected chi connectivity index (χ3v) is 4.98. The lowest BCUT2D eigenvalue weighted by Crippen LogP contribution is -2.54. The largest absolute Gasteiger partial charge is 0.380 e. The molecule has 0 aromatic heterocycles. The van der Waals surface area contributed by atoms with E-state index in [0.29, 0.717) is 5.92 Å². The number of amides is 1. The lowest BCUT2D eigenvalue weighted by molar-refractivity contribution is -0.156. The third-order valence-electron chi connectivity index (χ3n) is 4.98. The van der Waals surface area contributed by atoms with Gasteiger partial charge in [0.15, 0.2) is 0 Å². The van der Waals surface area contributed by atoms with Crippen LogP contribution in [0, 0.1) is 11.8 Å². The highest BCUT2D eigenvalue weighted by molar-refractivity contribution is 5.84. The van der Waals surface area contributed by atoms with E-state index in [0.717, 1.165) is 52.4 Å². The summed E-state index contributed by atoms with van der Waals surface area (Å²) in [6, 6.07) is 0. The first-order chi connectivity index (χ1) is 9.91. The van der Waals surface area contributed by atoms with Gasteiger partial charge in [-0.1, -0.05) is 13.8 Å². The number of likely N-dealkylation sites (tertiary alicyclic amines) is 1. The number of morpholine rings is 1. The summed E-state index contributed by atoms with van der Waals surface area (Å²) in [6.45, 7) is 11.7. The number of aliphatic hydroxyl groups is 1. The molecule has 21 heavy (non-hydrogen) atoms. The van der Waals surface area contributed by atoms with Crippen LogP contribution in [0.15, 0.2) is 0 Å². The maximum atomic E-state index is 12.5. The molecule has 0 aromatic carbocycles. The zero-order valence-electron chi connectivity index (χ0n) is 13.7. The van der Waals surface area contributed by atoms with Crippen molar-refractivity contribution in [2.75, 3.05) is 45.9 Å². The van der Waals surface area contributed by atoms with Crippen LogP contribution in [0.1, 0.15) is 33.6 Å². The normalized spacial score (nSPS) is 27.7. The van der Waals surface area contributed by atoms with Crippen LogP contribution in [0.3, 0.4) is 0 Å². The molecule has 5 heteroatoms. The molecule has 2 rings (SSSR count). The standard InChI is InChI=1S/C16H30N2O3/c1-13(2)16(3,20)15(19)18-6-4-5-14(12-18)11-17-7-9-21-10-8-17/h13-14,20H,4-12H2,1-3H3. The summed E-state index contributed by atoms with van der Waals surface area (Å²) in [6.07, 6.45) is 2.21. The Morgan fingerprint density at radius 1 is 1.33 bits per heavy atom. The zero-order valence-corrected chi connectivity index (χ0v) is 13.7. The molecule has 122 valence electrons. The molecule has 2 unspecified atom stereocenters. The number of piperidine rings is 1. The highest BCUT2D eigenvalue weighted by atomic mass is 16.5. The van der Waals surface area contributed by atoms with Crippen LogP contribution in [-0.2, 0) is 9.53 Å². The molecule has 0 bridgehead atoms. The van der Waals surface area contributed by atoms with Crippen molar-refractivity contribution >= 4 is 5.91 Å². The Morgan fingerprint density at radius 3 is 2.62 bits per heavy atom. The van der Waals surface area contributed by atoms with E-state index in [1.807, 2.05) is 18.7 Å². The number of hydrogen-bond donors (Lipinski definition) is 1. The van der Waals surface area contributed by atoms with Crippen molar-refractivity contribution in [1.29, 1.82) is 0 Å². The number of ether oxygens (including phenoxy) is 1. The molecule has 2 aliphatic heterocycles. The summed E-state index contributed by atoms with van der Waals surface area (Å²) in [5.41, 5.74) is -1.25. The Labute approximate surface area is 128 Å². The van der Waals surface area contributed by atoms with Crippen LogP contribution in [0.25, 0.3) is 0 Å². The Morgan fingerprint density at radius 2 is 2.00 bits per heavy atom. The second kappa shape index (κ2) is 7.07. The molecule has 1 N–H and O–H groups in total. The molecule has 2 atom stereocenters. The molecule has 0 spiro atoms. The monoisotopic (exact) mass is 298 g/mol. The van der Waals surface area contributed by atoms with Gasteiger partial charge in [0.25, 0.3) is 5.91 Å². The first-order valence-corrected chi connectivity index (χ1v) is 8.23. The summed E-state index contributed by atoms with van der Waals surface area (Å²) >= 11 is 0. The molecule has 0 aliphatic carbocycles. The van der Waals surface area contributed by atoms with Gasteiger partial charge in [-0.25, -0.2) is 0 Å². The molecule has 2 heterocycles. The molecule has 2 fully saturated rings. The minimum Gasteiger partial charge on any atom is -0.380 e. The average Bonchev–Trinajstić information content (AvgIpc) is 2.47. The second-order valence-electron chi connectivity index (χ2n) is 6.97. The van der Waals surface area contributed by atoms with Crippen LogP contribution in [0.2, 0.25) is 0 Å².